The maximum atomic E-state index is 5.79. The molecule has 0 aliphatic rings. The third-order valence-electron chi connectivity index (χ3n) is 1.50. The number of hydrogen-bond acceptors (Lipinski definition) is 5. The summed E-state index contributed by atoms with van der Waals surface area (Å²) in [6.07, 6.45) is 1.69. The molecule has 0 amide bonds. The van der Waals surface area contributed by atoms with E-state index in [-0.39, 0.29) is 0 Å². The highest BCUT2D eigenvalue weighted by Gasteiger charge is 2.07. The van der Waals surface area contributed by atoms with Crippen molar-refractivity contribution >= 4 is 22.9 Å². The summed E-state index contributed by atoms with van der Waals surface area (Å²) in [5, 5.41) is 2.93. The lowest BCUT2D eigenvalue weighted by Crippen LogP contribution is -1.93. The molecule has 0 fully saturated rings. The quantitative estimate of drug-likeness (QED) is 0.739. The van der Waals surface area contributed by atoms with E-state index in [1.54, 1.807) is 12.3 Å². The van der Waals surface area contributed by atoms with E-state index >= 15 is 0 Å². The van der Waals surface area contributed by atoms with Gasteiger partial charge in [0.05, 0.1) is 7.11 Å². The van der Waals surface area contributed by atoms with E-state index < -0.39 is 0 Å². The van der Waals surface area contributed by atoms with E-state index in [9.17, 15) is 0 Å². The summed E-state index contributed by atoms with van der Waals surface area (Å²) >= 11 is 7.25. The summed E-state index contributed by atoms with van der Waals surface area (Å²) in [5.41, 5.74) is 0. The van der Waals surface area contributed by atoms with Crippen molar-refractivity contribution in [2.45, 2.75) is 0 Å². The molecule has 0 N–H and O–H groups in total. The first kappa shape index (κ1) is 9.36. The van der Waals surface area contributed by atoms with Crippen molar-refractivity contribution in [1.29, 1.82) is 0 Å². The molecule has 72 valence electrons. The van der Waals surface area contributed by atoms with Gasteiger partial charge in [-0.15, -0.1) is 11.3 Å². The van der Waals surface area contributed by atoms with Crippen molar-refractivity contribution in [1.82, 2.24) is 15.0 Å². The first-order chi connectivity index (χ1) is 6.79. The molecule has 0 aliphatic heterocycles. The smallest absolute Gasteiger partial charge is 0.218 e. The number of rotatable bonds is 2. The molecule has 0 aliphatic carbocycles. The van der Waals surface area contributed by atoms with Crippen LogP contribution in [0.2, 0.25) is 5.15 Å². The van der Waals surface area contributed by atoms with E-state index in [1.807, 2.05) is 5.38 Å². The number of nitrogens with zero attached hydrogens (tertiary/aromatic N) is 3. The monoisotopic (exact) mass is 227 g/mol. The molecule has 0 saturated heterocycles. The number of thiazole rings is 1. The fourth-order valence-electron chi connectivity index (χ4n) is 0.931. The van der Waals surface area contributed by atoms with Gasteiger partial charge in [-0.1, -0.05) is 11.6 Å². The highest BCUT2D eigenvalue weighted by Crippen LogP contribution is 2.22. The number of aromatic nitrogens is 3. The Labute approximate surface area is 89.6 Å². The van der Waals surface area contributed by atoms with Gasteiger partial charge in [0.25, 0.3) is 0 Å². The fourth-order valence-corrected chi connectivity index (χ4v) is 1.67. The van der Waals surface area contributed by atoms with Gasteiger partial charge >= 0.3 is 0 Å². The largest absolute Gasteiger partial charge is 0.481 e. The van der Waals surface area contributed by atoms with Crippen molar-refractivity contribution in [2.24, 2.45) is 0 Å². The van der Waals surface area contributed by atoms with Crippen LogP contribution in [0.3, 0.4) is 0 Å². The standard InChI is InChI=1S/C8H6ClN3OS/c1-13-6-4-5(9)11-7(12-6)8-10-2-3-14-8/h2-4H,1H3. The summed E-state index contributed by atoms with van der Waals surface area (Å²) in [7, 11) is 1.53. The summed E-state index contributed by atoms with van der Waals surface area (Å²) in [6.45, 7) is 0. The van der Waals surface area contributed by atoms with Gasteiger partial charge < -0.3 is 4.74 Å². The lowest BCUT2D eigenvalue weighted by Gasteiger charge is -2.00. The normalized spacial score (nSPS) is 10.1. The summed E-state index contributed by atoms with van der Waals surface area (Å²) < 4.78 is 4.98. The van der Waals surface area contributed by atoms with Gasteiger partial charge in [0.15, 0.2) is 10.8 Å². The SMILES string of the molecule is COc1cc(Cl)nc(-c2nccs2)n1. The van der Waals surface area contributed by atoms with E-state index in [2.05, 4.69) is 15.0 Å². The van der Waals surface area contributed by atoms with Crippen molar-refractivity contribution in [3.05, 3.63) is 22.8 Å². The molecular weight excluding hydrogens is 222 g/mol. The lowest BCUT2D eigenvalue weighted by atomic mass is 10.5. The van der Waals surface area contributed by atoms with E-state index in [1.165, 1.54) is 18.4 Å². The molecular formula is C8H6ClN3OS. The zero-order chi connectivity index (χ0) is 9.97. The second-order valence-electron chi connectivity index (χ2n) is 2.39. The average molecular weight is 228 g/mol. The summed E-state index contributed by atoms with van der Waals surface area (Å²) in [5.74, 6) is 0.930. The number of hydrogen-bond donors (Lipinski definition) is 0. The Morgan fingerprint density at radius 2 is 2.29 bits per heavy atom. The minimum Gasteiger partial charge on any atom is -0.481 e. The van der Waals surface area contributed by atoms with Crippen LogP contribution in [0.5, 0.6) is 5.88 Å². The first-order valence-electron chi connectivity index (χ1n) is 3.78. The van der Waals surface area contributed by atoms with Gasteiger partial charge in [0, 0.05) is 17.6 Å². The van der Waals surface area contributed by atoms with Crippen molar-refractivity contribution < 1.29 is 4.74 Å². The zero-order valence-electron chi connectivity index (χ0n) is 7.27. The van der Waals surface area contributed by atoms with Crippen LogP contribution in [-0.2, 0) is 0 Å². The topological polar surface area (TPSA) is 47.9 Å². The zero-order valence-corrected chi connectivity index (χ0v) is 8.84. The van der Waals surface area contributed by atoms with E-state index in [0.717, 1.165) is 5.01 Å². The Balaban J connectivity index is 2.48. The van der Waals surface area contributed by atoms with Gasteiger partial charge in [-0.3, -0.25) is 0 Å². The highest BCUT2D eigenvalue weighted by molar-refractivity contribution is 7.13. The molecule has 2 rings (SSSR count). The second-order valence-corrected chi connectivity index (χ2v) is 3.68. The molecule has 0 unspecified atom stereocenters. The Morgan fingerprint density at radius 3 is 2.93 bits per heavy atom. The van der Waals surface area contributed by atoms with Crippen LogP contribution in [0, 0.1) is 0 Å². The lowest BCUT2D eigenvalue weighted by molar-refractivity contribution is 0.397. The number of ether oxygens (including phenoxy) is 1. The number of halogens is 1. The van der Waals surface area contributed by atoms with Crippen LogP contribution in [0.25, 0.3) is 10.8 Å². The predicted octanol–water partition coefficient (Wildman–Crippen LogP) is 2.26. The molecule has 2 aromatic heterocycles. The first-order valence-corrected chi connectivity index (χ1v) is 5.04. The van der Waals surface area contributed by atoms with Crippen LogP contribution in [0.4, 0.5) is 0 Å². The highest BCUT2D eigenvalue weighted by atomic mass is 35.5. The number of methoxy groups -OCH3 is 1. The Hall–Kier alpha value is -1.20. The fraction of sp³-hybridized carbons (Fsp3) is 0.125. The molecule has 4 nitrogen and oxygen atoms in total. The van der Waals surface area contributed by atoms with Crippen molar-refractivity contribution in [3.63, 3.8) is 0 Å². The maximum absolute atomic E-state index is 5.79. The second kappa shape index (κ2) is 3.89. The van der Waals surface area contributed by atoms with Gasteiger partial charge in [-0.2, -0.15) is 4.98 Å². The molecule has 0 spiro atoms. The molecule has 0 saturated carbocycles. The molecule has 0 atom stereocenters. The molecule has 2 aromatic rings. The van der Waals surface area contributed by atoms with Crippen LogP contribution < -0.4 is 4.74 Å². The summed E-state index contributed by atoms with van der Waals surface area (Å²) in [4.78, 5) is 12.3. The van der Waals surface area contributed by atoms with Crippen LogP contribution in [-0.4, -0.2) is 22.1 Å². The molecule has 0 bridgehead atoms. The Bertz CT molecular complexity index is 432. The molecule has 14 heavy (non-hydrogen) atoms. The maximum Gasteiger partial charge on any atom is 0.218 e. The Morgan fingerprint density at radius 1 is 1.43 bits per heavy atom. The minimum atomic E-state index is 0.349. The third kappa shape index (κ3) is 1.83. The molecule has 2 heterocycles. The average Bonchev–Trinajstić information content (AvgIpc) is 2.69. The van der Waals surface area contributed by atoms with Gasteiger partial charge in [-0.25, -0.2) is 9.97 Å². The Kier molecular flexibility index (Phi) is 2.60. The predicted molar refractivity (Wildman–Crippen MR) is 54.7 cm³/mol. The van der Waals surface area contributed by atoms with Crippen molar-refractivity contribution in [3.8, 4) is 16.7 Å². The molecule has 0 aromatic carbocycles. The van der Waals surface area contributed by atoms with Gasteiger partial charge in [-0.05, 0) is 0 Å². The van der Waals surface area contributed by atoms with E-state index in [4.69, 9.17) is 16.3 Å². The van der Waals surface area contributed by atoms with Crippen LogP contribution >= 0.6 is 22.9 Å². The molecule has 0 radical (unpaired) electrons. The summed E-state index contributed by atoms with van der Waals surface area (Å²) in [6, 6.07) is 1.55. The van der Waals surface area contributed by atoms with Gasteiger partial charge in [0.1, 0.15) is 5.15 Å². The van der Waals surface area contributed by atoms with Crippen LogP contribution in [0.15, 0.2) is 17.6 Å². The minimum absolute atomic E-state index is 0.349. The van der Waals surface area contributed by atoms with E-state index in [0.29, 0.717) is 16.9 Å². The molecule has 6 heteroatoms. The van der Waals surface area contributed by atoms with Crippen LogP contribution in [0.1, 0.15) is 0 Å². The van der Waals surface area contributed by atoms with Crippen molar-refractivity contribution in [2.75, 3.05) is 7.11 Å². The third-order valence-corrected chi connectivity index (χ3v) is 2.47. The van der Waals surface area contributed by atoms with Gasteiger partial charge in [0.2, 0.25) is 5.88 Å².